The van der Waals surface area contributed by atoms with Crippen molar-refractivity contribution in [3.05, 3.63) is 12.2 Å². The van der Waals surface area contributed by atoms with E-state index in [1.54, 1.807) is 28.7 Å². The highest BCUT2D eigenvalue weighted by molar-refractivity contribution is 14.1. The van der Waals surface area contributed by atoms with Crippen molar-refractivity contribution < 1.29 is 4.79 Å². The Morgan fingerprint density at radius 2 is 1.81 bits per heavy atom. The SMILES string of the molecule is CCCCCCCCN(C)C/C=C/C(=O)I. The molecule has 0 aliphatic carbocycles. The molecule has 0 aromatic rings. The second-order valence-electron chi connectivity index (χ2n) is 4.24. The van der Waals surface area contributed by atoms with Crippen molar-refractivity contribution in [2.24, 2.45) is 0 Å². The molecule has 0 heterocycles. The summed E-state index contributed by atoms with van der Waals surface area (Å²) in [7, 11) is 2.11. The average molecular weight is 337 g/mol. The lowest BCUT2D eigenvalue weighted by Gasteiger charge is -2.13. The lowest BCUT2D eigenvalue weighted by atomic mass is 10.1. The smallest absolute Gasteiger partial charge is 0.214 e. The lowest BCUT2D eigenvalue weighted by Crippen LogP contribution is -2.19. The van der Waals surface area contributed by atoms with E-state index < -0.39 is 0 Å². The van der Waals surface area contributed by atoms with Crippen molar-refractivity contribution in [1.82, 2.24) is 4.90 Å². The van der Waals surface area contributed by atoms with Gasteiger partial charge in [0.25, 0.3) is 0 Å². The molecule has 0 saturated heterocycles. The highest BCUT2D eigenvalue weighted by Gasteiger charge is 1.96. The van der Waals surface area contributed by atoms with Crippen molar-refractivity contribution in [2.45, 2.75) is 45.4 Å². The Labute approximate surface area is 114 Å². The molecule has 0 N–H and O–H groups in total. The number of carbonyl (C=O) groups is 1. The predicted octanol–water partition coefficient (Wildman–Crippen LogP) is 3.80. The van der Waals surface area contributed by atoms with Gasteiger partial charge in [-0.1, -0.05) is 45.1 Å². The van der Waals surface area contributed by atoms with E-state index in [0.717, 1.165) is 13.1 Å². The molecule has 0 bridgehead atoms. The van der Waals surface area contributed by atoms with Crippen molar-refractivity contribution in [3.8, 4) is 0 Å². The molecule has 0 unspecified atom stereocenters. The second kappa shape index (κ2) is 11.6. The number of unbranched alkanes of at least 4 members (excludes halogenated alkanes) is 5. The van der Waals surface area contributed by atoms with Crippen molar-refractivity contribution >= 4 is 26.4 Å². The van der Waals surface area contributed by atoms with Crippen LogP contribution in [0.5, 0.6) is 0 Å². The monoisotopic (exact) mass is 337 g/mol. The zero-order chi connectivity index (χ0) is 12.2. The number of halogens is 1. The van der Waals surface area contributed by atoms with Gasteiger partial charge in [-0.2, -0.15) is 0 Å². The summed E-state index contributed by atoms with van der Waals surface area (Å²) in [6, 6.07) is 0. The molecular formula is C13H24INO. The topological polar surface area (TPSA) is 20.3 Å². The third-order valence-electron chi connectivity index (χ3n) is 2.56. The molecule has 0 aromatic carbocycles. The number of allylic oxidation sites excluding steroid dienone is 1. The first kappa shape index (κ1) is 16.1. The van der Waals surface area contributed by atoms with Crippen LogP contribution < -0.4 is 0 Å². The molecule has 0 radical (unpaired) electrons. The van der Waals surface area contributed by atoms with Gasteiger partial charge in [0.05, 0.1) is 0 Å². The Morgan fingerprint density at radius 1 is 1.19 bits per heavy atom. The van der Waals surface area contributed by atoms with Crippen LogP contribution in [0.3, 0.4) is 0 Å². The van der Waals surface area contributed by atoms with E-state index in [4.69, 9.17) is 0 Å². The van der Waals surface area contributed by atoms with Gasteiger partial charge in [0.1, 0.15) is 0 Å². The lowest BCUT2D eigenvalue weighted by molar-refractivity contribution is -0.105. The van der Waals surface area contributed by atoms with Crippen LogP contribution in [0.2, 0.25) is 0 Å². The first-order valence-electron chi connectivity index (χ1n) is 6.21. The fraction of sp³-hybridized carbons (Fsp3) is 0.769. The van der Waals surface area contributed by atoms with Crippen LogP contribution in [0.15, 0.2) is 12.2 Å². The number of hydrogen-bond acceptors (Lipinski definition) is 2. The fourth-order valence-electron chi connectivity index (χ4n) is 1.58. The van der Waals surface area contributed by atoms with E-state index in [1.165, 1.54) is 38.5 Å². The number of carbonyl (C=O) groups excluding carboxylic acids is 1. The number of hydrogen-bond donors (Lipinski definition) is 0. The third kappa shape index (κ3) is 12.2. The summed E-state index contributed by atoms with van der Waals surface area (Å²) in [5.41, 5.74) is 0. The molecule has 2 nitrogen and oxygen atoms in total. The molecule has 0 fully saturated rings. The first-order chi connectivity index (χ1) is 7.66. The van der Waals surface area contributed by atoms with Crippen LogP contribution in [0.25, 0.3) is 0 Å². The Morgan fingerprint density at radius 3 is 2.44 bits per heavy atom. The predicted molar refractivity (Wildman–Crippen MR) is 79.0 cm³/mol. The van der Waals surface area contributed by atoms with Gasteiger partial charge in [-0.15, -0.1) is 0 Å². The molecule has 0 rings (SSSR count). The zero-order valence-electron chi connectivity index (χ0n) is 10.5. The van der Waals surface area contributed by atoms with Crippen LogP contribution in [0.1, 0.15) is 45.4 Å². The molecule has 0 saturated carbocycles. The van der Waals surface area contributed by atoms with E-state index in [1.807, 2.05) is 6.08 Å². The molecule has 0 amide bonds. The van der Waals surface area contributed by atoms with Crippen molar-refractivity contribution in [2.75, 3.05) is 20.1 Å². The molecule has 0 aromatic heterocycles. The summed E-state index contributed by atoms with van der Waals surface area (Å²) in [4.78, 5) is 12.9. The fourth-order valence-corrected chi connectivity index (χ4v) is 1.83. The zero-order valence-corrected chi connectivity index (χ0v) is 12.7. The van der Waals surface area contributed by atoms with Gasteiger partial charge in [-0.25, -0.2) is 0 Å². The summed E-state index contributed by atoms with van der Waals surface area (Å²) in [6.45, 7) is 4.25. The van der Waals surface area contributed by atoms with Crippen LogP contribution in [0, 0.1) is 0 Å². The largest absolute Gasteiger partial charge is 0.303 e. The highest BCUT2D eigenvalue weighted by Crippen LogP contribution is 2.05. The van der Waals surface area contributed by atoms with E-state index in [0.29, 0.717) is 0 Å². The van der Waals surface area contributed by atoms with Gasteiger partial charge in [0.2, 0.25) is 3.79 Å². The second-order valence-corrected chi connectivity index (χ2v) is 5.30. The van der Waals surface area contributed by atoms with E-state index in [2.05, 4.69) is 18.9 Å². The van der Waals surface area contributed by atoms with E-state index in [9.17, 15) is 4.79 Å². The molecule has 16 heavy (non-hydrogen) atoms. The van der Waals surface area contributed by atoms with Gasteiger partial charge in [-0.05, 0) is 26.1 Å². The minimum absolute atomic E-state index is 0.102. The van der Waals surface area contributed by atoms with Crippen molar-refractivity contribution in [3.63, 3.8) is 0 Å². The maximum absolute atomic E-state index is 10.7. The van der Waals surface area contributed by atoms with Crippen LogP contribution >= 0.6 is 22.6 Å². The first-order valence-corrected chi connectivity index (χ1v) is 7.29. The van der Waals surface area contributed by atoms with Gasteiger partial charge < -0.3 is 4.90 Å². The maximum Gasteiger partial charge on any atom is 0.214 e. The van der Waals surface area contributed by atoms with Crippen LogP contribution in [-0.2, 0) is 4.79 Å². The summed E-state index contributed by atoms with van der Waals surface area (Å²) < 4.78 is 0.102. The quantitative estimate of drug-likeness (QED) is 0.262. The maximum atomic E-state index is 10.7. The minimum atomic E-state index is 0.102. The standard InChI is InChI=1S/C13H24INO/c1-3-4-5-6-7-8-11-15(2)12-9-10-13(14)16/h9-10H,3-8,11-12H2,1-2H3/b10-9+. The van der Waals surface area contributed by atoms with Gasteiger partial charge in [0.15, 0.2) is 0 Å². The van der Waals surface area contributed by atoms with E-state index >= 15 is 0 Å². The number of nitrogens with zero attached hydrogens (tertiary/aromatic N) is 1. The Bertz CT molecular complexity index is 204. The van der Waals surface area contributed by atoms with Crippen LogP contribution in [0.4, 0.5) is 0 Å². The molecule has 94 valence electrons. The Hall–Kier alpha value is 0.1000. The number of likely N-dealkylation sites (N-methyl/N-ethyl adjacent to an activating group) is 1. The highest BCUT2D eigenvalue weighted by atomic mass is 127. The summed E-state index contributed by atoms with van der Waals surface area (Å²) in [5, 5.41) is 0. The molecular weight excluding hydrogens is 313 g/mol. The summed E-state index contributed by atoms with van der Waals surface area (Å²) in [5.74, 6) is 0. The summed E-state index contributed by atoms with van der Waals surface area (Å²) >= 11 is 1.79. The van der Waals surface area contributed by atoms with E-state index in [-0.39, 0.29) is 3.79 Å². The molecule has 3 heteroatoms. The molecule has 0 spiro atoms. The third-order valence-corrected chi connectivity index (χ3v) is 2.92. The van der Waals surface area contributed by atoms with Gasteiger partial charge >= 0.3 is 0 Å². The van der Waals surface area contributed by atoms with Crippen LogP contribution in [-0.4, -0.2) is 28.8 Å². The van der Waals surface area contributed by atoms with Gasteiger partial charge in [-0.3, -0.25) is 4.79 Å². The molecule has 0 aliphatic heterocycles. The Kier molecular flexibility index (Phi) is 11.7. The minimum Gasteiger partial charge on any atom is -0.303 e. The number of rotatable bonds is 10. The molecule has 0 atom stereocenters. The van der Waals surface area contributed by atoms with Crippen molar-refractivity contribution in [1.29, 1.82) is 0 Å². The normalized spacial score (nSPS) is 11.5. The van der Waals surface area contributed by atoms with Gasteiger partial charge in [0, 0.05) is 29.1 Å². The molecule has 0 aliphatic rings. The summed E-state index contributed by atoms with van der Waals surface area (Å²) in [6.07, 6.45) is 11.6. The Balaban J connectivity index is 3.30. The average Bonchev–Trinajstić information content (AvgIpc) is 2.22.